The highest BCUT2D eigenvalue weighted by molar-refractivity contribution is 6.33. The van der Waals surface area contributed by atoms with Crippen LogP contribution in [0.4, 0.5) is 0 Å². The molecule has 200 valence electrons. The third kappa shape index (κ3) is 4.53. The zero-order valence-corrected chi connectivity index (χ0v) is 22.8. The van der Waals surface area contributed by atoms with E-state index >= 15 is 0 Å². The topological polar surface area (TPSA) is 98.1 Å². The number of hydrogen-bond donors (Lipinski definition) is 1. The molecule has 1 spiro atoms. The zero-order valence-electron chi connectivity index (χ0n) is 22.1. The molecule has 39 heavy (non-hydrogen) atoms. The van der Waals surface area contributed by atoms with Crippen molar-refractivity contribution in [1.29, 1.82) is 0 Å². The number of ether oxygens (including phenoxy) is 1. The number of rotatable bonds is 7. The maximum atomic E-state index is 12.9. The number of halogens is 1. The first-order valence-corrected chi connectivity index (χ1v) is 13.8. The molecular weight excluding hydrogens is 514 g/mol. The molecule has 0 unspecified atom stereocenters. The molecule has 9 nitrogen and oxygen atoms in total. The van der Waals surface area contributed by atoms with Gasteiger partial charge in [-0.2, -0.15) is 4.98 Å². The van der Waals surface area contributed by atoms with Gasteiger partial charge in [-0.05, 0) is 75.0 Å². The molecule has 3 aliphatic rings. The highest BCUT2D eigenvalue weighted by Gasteiger charge is 2.48. The van der Waals surface area contributed by atoms with Crippen molar-refractivity contribution >= 4 is 28.7 Å². The number of aromatic nitrogens is 5. The van der Waals surface area contributed by atoms with Gasteiger partial charge in [0.1, 0.15) is 17.8 Å². The number of amides is 1. The Morgan fingerprint density at radius 3 is 2.64 bits per heavy atom. The predicted molar refractivity (Wildman–Crippen MR) is 148 cm³/mol. The van der Waals surface area contributed by atoms with Gasteiger partial charge in [0.25, 0.3) is 0 Å². The van der Waals surface area contributed by atoms with Crippen LogP contribution in [0.15, 0.2) is 42.9 Å². The minimum Gasteiger partial charge on any atom is -0.470 e. The standard InChI is InChI=1S/C29H30ClN7O2/c1-18-5-9-31-20(11-18)14-37-25(35-24-26(37)32-17-33-27(24)39-28(2)6-7-28)21-4-3-19(12-22(21)30)13-23(38)36-15-29(16-36)8-10-34-29/h3-5,9,11-12,17,34H,6-8,10,13-16H2,1-2H3. The maximum Gasteiger partial charge on any atom is 0.245 e. The van der Waals surface area contributed by atoms with Gasteiger partial charge in [0, 0.05) is 24.8 Å². The lowest BCUT2D eigenvalue weighted by molar-refractivity contribution is -0.141. The van der Waals surface area contributed by atoms with Crippen LogP contribution < -0.4 is 10.1 Å². The van der Waals surface area contributed by atoms with Crippen LogP contribution in [0.25, 0.3) is 22.6 Å². The number of pyridine rings is 1. The largest absolute Gasteiger partial charge is 0.470 e. The van der Waals surface area contributed by atoms with Crippen LogP contribution in [-0.2, 0) is 17.8 Å². The molecule has 1 N–H and O–H groups in total. The second-order valence-corrected chi connectivity index (χ2v) is 11.9. The number of likely N-dealkylation sites (tertiary alicyclic amines) is 1. The smallest absolute Gasteiger partial charge is 0.245 e. The van der Waals surface area contributed by atoms with Gasteiger partial charge in [0.15, 0.2) is 11.2 Å². The second kappa shape index (κ2) is 8.99. The van der Waals surface area contributed by atoms with Gasteiger partial charge in [-0.1, -0.05) is 17.7 Å². The van der Waals surface area contributed by atoms with E-state index in [1.807, 2.05) is 40.7 Å². The molecule has 1 saturated carbocycles. The molecule has 0 atom stereocenters. The fourth-order valence-corrected chi connectivity index (χ4v) is 5.74. The van der Waals surface area contributed by atoms with Crippen molar-refractivity contribution in [3.05, 3.63) is 64.7 Å². The molecule has 2 aliphatic heterocycles. The summed E-state index contributed by atoms with van der Waals surface area (Å²) in [5.41, 5.74) is 4.87. The molecule has 5 heterocycles. The van der Waals surface area contributed by atoms with Crippen molar-refractivity contribution in [3.63, 3.8) is 0 Å². The van der Waals surface area contributed by atoms with Crippen molar-refractivity contribution < 1.29 is 9.53 Å². The average Bonchev–Trinajstić information content (AvgIpc) is 3.46. The summed E-state index contributed by atoms with van der Waals surface area (Å²) in [6.07, 6.45) is 6.76. The van der Waals surface area contributed by atoms with E-state index < -0.39 is 0 Å². The van der Waals surface area contributed by atoms with Crippen molar-refractivity contribution in [2.75, 3.05) is 19.6 Å². The summed E-state index contributed by atoms with van der Waals surface area (Å²) in [7, 11) is 0. The number of carbonyl (C=O) groups excluding carboxylic acids is 1. The zero-order chi connectivity index (χ0) is 26.8. The Bertz CT molecular complexity index is 1600. The van der Waals surface area contributed by atoms with Crippen LogP contribution in [0, 0.1) is 6.92 Å². The molecule has 1 amide bonds. The van der Waals surface area contributed by atoms with E-state index in [-0.39, 0.29) is 17.0 Å². The minimum atomic E-state index is -0.208. The first kappa shape index (κ1) is 24.5. The van der Waals surface area contributed by atoms with Crippen LogP contribution in [0.3, 0.4) is 0 Å². The fraction of sp³-hybridized carbons (Fsp3) is 0.414. The van der Waals surface area contributed by atoms with Crippen LogP contribution in [0.2, 0.25) is 5.02 Å². The fourth-order valence-electron chi connectivity index (χ4n) is 5.45. The number of imidazole rings is 1. The van der Waals surface area contributed by atoms with E-state index in [1.54, 1.807) is 6.20 Å². The molecule has 0 radical (unpaired) electrons. The van der Waals surface area contributed by atoms with E-state index in [4.69, 9.17) is 21.3 Å². The van der Waals surface area contributed by atoms with E-state index in [0.29, 0.717) is 40.9 Å². The van der Waals surface area contributed by atoms with Crippen LogP contribution in [0.5, 0.6) is 5.88 Å². The summed E-state index contributed by atoms with van der Waals surface area (Å²) in [6.45, 7) is 7.21. The van der Waals surface area contributed by atoms with Crippen LogP contribution in [0.1, 0.15) is 43.0 Å². The first-order valence-electron chi connectivity index (χ1n) is 13.4. The molecule has 10 heteroatoms. The lowest BCUT2D eigenvalue weighted by Gasteiger charge is -2.56. The summed E-state index contributed by atoms with van der Waals surface area (Å²) >= 11 is 6.86. The Morgan fingerprint density at radius 2 is 1.95 bits per heavy atom. The van der Waals surface area contributed by atoms with Gasteiger partial charge in [-0.25, -0.2) is 9.97 Å². The quantitative estimate of drug-likeness (QED) is 0.377. The molecule has 7 rings (SSSR count). The van der Waals surface area contributed by atoms with E-state index in [1.165, 1.54) is 6.33 Å². The summed E-state index contributed by atoms with van der Waals surface area (Å²) in [4.78, 5) is 33.3. The number of carbonyl (C=O) groups is 1. The number of nitrogens with one attached hydrogen (secondary N) is 1. The Balaban J connectivity index is 1.22. The normalized spacial score (nSPS) is 18.6. The highest BCUT2D eigenvalue weighted by Crippen LogP contribution is 2.41. The molecule has 1 aliphatic carbocycles. The third-order valence-electron chi connectivity index (χ3n) is 8.16. The number of nitrogens with zero attached hydrogens (tertiary/aromatic N) is 6. The second-order valence-electron chi connectivity index (χ2n) is 11.4. The maximum absolute atomic E-state index is 12.9. The summed E-state index contributed by atoms with van der Waals surface area (Å²) in [5, 5.41) is 3.98. The van der Waals surface area contributed by atoms with Crippen molar-refractivity contribution in [2.45, 2.75) is 57.2 Å². The van der Waals surface area contributed by atoms with Crippen LogP contribution >= 0.6 is 11.6 Å². The van der Waals surface area contributed by atoms with Crippen molar-refractivity contribution in [3.8, 4) is 17.3 Å². The number of fused-ring (bicyclic) bond motifs is 1. The average molecular weight is 544 g/mol. The van der Waals surface area contributed by atoms with E-state index in [2.05, 4.69) is 33.3 Å². The lowest BCUT2D eigenvalue weighted by Crippen LogP contribution is -2.76. The SMILES string of the molecule is Cc1ccnc(Cn2c(-c3ccc(CC(=O)N4CC5(CCN5)C4)cc3Cl)nc3c(OC4(C)CC4)ncnc32)c1. The lowest BCUT2D eigenvalue weighted by atomic mass is 9.80. The Morgan fingerprint density at radius 1 is 1.13 bits per heavy atom. The summed E-state index contributed by atoms with van der Waals surface area (Å²) in [5.74, 6) is 1.26. The molecule has 3 aromatic heterocycles. The molecule has 2 saturated heterocycles. The Labute approximate surface area is 231 Å². The number of hydrogen-bond acceptors (Lipinski definition) is 7. The third-order valence-corrected chi connectivity index (χ3v) is 8.47. The Hall–Kier alpha value is -3.56. The van der Waals surface area contributed by atoms with Gasteiger partial charge in [0.2, 0.25) is 11.8 Å². The van der Waals surface area contributed by atoms with Crippen LogP contribution in [-0.4, -0.2) is 66.1 Å². The van der Waals surface area contributed by atoms with Gasteiger partial charge >= 0.3 is 0 Å². The van der Waals surface area contributed by atoms with Gasteiger partial charge in [-0.3, -0.25) is 9.78 Å². The Kier molecular flexibility index (Phi) is 5.64. The monoisotopic (exact) mass is 543 g/mol. The highest BCUT2D eigenvalue weighted by atomic mass is 35.5. The number of aryl methyl sites for hydroxylation is 1. The van der Waals surface area contributed by atoms with Crippen molar-refractivity contribution in [1.82, 2.24) is 34.7 Å². The molecule has 0 bridgehead atoms. The van der Waals surface area contributed by atoms with E-state index in [9.17, 15) is 4.79 Å². The number of benzene rings is 1. The minimum absolute atomic E-state index is 0.126. The molecule has 3 fully saturated rings. The summed E-state index contributed by atoms with van der Waals surface area (Å²) in [6, 6.07) is 9.79. The molecule has 4 aromatic rings. The molecular formula is C29H30ClN7O2. The van der Waals surface area contributed by atoms with Gasteiger partial charge in [-0.15, -0.1) is 0 Å². The summed E-state index contributed by atoms with van der Waals surface area (Å²) < 4.78 is 8.25. The van der Waals surface area contributed by atoms with Gasteiger partial charge in [0.05, 0.1) is 29.2 Å². The first-order chi connectivity index (χ1) is 18.8. The van der Waals surface area contributed by atoms with Crippen molar-refractivity contribution in [2.24, 2.45) is 0 Å². The van der Waals surface area contributed by atoms with E-state index in [0.717, 1.165) is 61.3 Å². The predicted octanol–water partition coefficient (Wildman–Crippen LogP) is 3.95. The van der Waals surface area contributed by atoms with Gasteiger partial charge < -0.3 is 19.5 Å². The molecule has 1 aromatic carbocycles.